The summed E-state index contributed by atoms with van der Waals surface area (Å²) < 4.78 is 7.70. The van der Waals surface area contributed by atoms with Crippen molar-refractivity contribution in [3.05, 3.63) is 24.5 Å². The van der Waals surface area contributed by atoms with Crippen molar-refractivity contribution in [3.8, 4) is 0 Å². The number of hydrogen-bond acceptors (Lipinski definition) is 4. The summed E-state index contributed by atoms with van der Waals surface area (Å²) in [6.07, 6.45) is 4.94. The second kappa shape index (κ2) is 4.72. The molecule has 94 valence electrons. The van der Waals surface area contributed by atoms with Gasteiger partial charge in [0.15, 0.2) is 0 Å². The van der Waals surface area contributed by atoms with Gasteiger partial charge in [-0.1, -0.05) is 12.1 Å². The number of fused-ring (bicyclic) bond motifs is 1. The highest BCUT2D eigenvalue weighted by Gasteiger charge is 2.21. The Morgan fingerprint density at radius 2 is 2.22 bits per heavy atom. The largest absolute Gasteiger partial charge is 0.490 e. The number of hydrogen-bond donors (Lipinski definition) is 2. The van der Waals surface area contributed by atoms with E-state index in [0.717, 1.165) is 31.4 Å². The number of benzene rings is 1. The van der Waals surface area contributed by atoms with E-state index in [1.165, 1.54) is 0 Å². The van der Waals surface area contributed by atoms with Crippen molar-refractivity contribution in [2.45, 2.75) is 25.5 Å². The van der Waals surface area contributed by atoms with Gasteiger partial charge in [-0.3, -0.25) is 0 Å². The van der Waals surface area contributed by atoms with Gasteiger partial charge in [0.05, 0.1) is 17.4 Å². The van der Waals surface area contributed by atoms with E-state index in [4.69, 9.17) is 4.74 Å². The molecule has 0 amide bonds. The lowest BCUT2D eigenvalue weighted by Gasteiger charge is -2.24. The Balaban J connectivity index is 2.06. The normalized spacial score (nSPS) is 20.2. The SMILES string of the molecule is OB(O)c1cccc2c1ncn2C1CCCCO1. The van der Waals surface area contributed by atoms with E-state index in [1.807, 2.05) is 10.6 Å². The molecule has 1 atom stereocenters. The van der Waals surface area contributed by atoms with Crippen molar-refractivity contribution in [1.82, 2.24) is 9.55 Å². The summed E-state index contributed by atoms with van der Waals surface area (Å²) in [5.41, 5.74) is 1.94. The Labute approximate surface area is 105 Å². The van der Waals surface area contributed by atoms with Crippen molar-refractivity contribution in [1.29, 1.82) is 0 Å². The summed E-state index contributed by atoms with van der Waals surface area (Å²) in [5.74, 6) is 0. The van der Waals surface area contributed by atoms with Crippen LogP contribution in [-0.2, 0) is 4.74 Å². The topological polar surface area (TPSA) is 67.5 Å². The Hall–Kier alpha value is -1.37. The Kier molecular flexibility index (Phi) is 3.07. The number of aromatic nitrogens is 2. The van der Waals surface area contributed by atoms with Crippen LogP contribution >= 0.6 is 0 Å². The van der Waals surface area contributed by atoms with Gasteiger partial charge in [-0.2, -0.15) is 0 Å². The van der Waals surface area contributed by atoms with E-state index in [-0.39, 0.29) is 6.23 Å². The van der Waals surface area contributed by atoms with E-state index in [0.29, 0.717) is 11.0 Å². The quantitative estimate of drug-likeness (QED) is 0.753. The first-order chi connectivity index (χ1) is 8.77. The van der Waals surface area contributed by atoms with Crippen molar-refractivity contribution >= 4 is 23.6 Å². The van der Waals surface area contributed by atoms with Gasteiger partial charge in [-0.25, -0.2) is 4.98 Å². The molecule has 0 saturated carbocycles. The van der Waals surface area contributed by atoms with Crippen molar-refractivity contribution in [2.24, 2.45) is 0 Å². The maximum Gasteiger partial charge on any atom is 0.490 e. The fourth-order valence-electron chi connectivity index (χ4n) is 2.46. The Morgan fingerprint density at radius 1 is 1.33 bits per heavy atom. The molecule has 1 aromatic carbocycles. The minimum atomic E-state index is -1.50. The van der Waals surface area contributed by atoms with Crippen LogP contribution in [0.4, 0.5) is 0 Å². The summed E-state index contributed by atoms with van der Waals surface area (Å²) >= 11 is 0. The van der Waals surface area contributed by atoms with Crippen molar-refractivity contribution in [3.63, 3.8) is 0 Å². The summed E-state index contributed by atoms with van der Waals surface area (Å²) in [6.45, 7) is 0.770. The molecule has 2 heterocycles. The minimum absolute atomic E-state index is 0.00911. The first-order valence-electron chi connectivity index (χ1n) is 6.20. The van der Waals surface area contributed by atoms with Crippen LogP contribution in [0, 0.1) is 0 Å². The molecule has 1 unspecified atom stereocenters. The third-order valence-electron chi connectivity index (χ3n) is 3.38. The maximum atomic E-state index is 9.32. The molecule has 5 nitrogen and oxygen atoms in total. The van der Waals surface area contributed by atoms with Crippen LogP contribution in [-0.4, -0.2) is 33.3 Å². The van der Waals surface area contributed by atoms with E-state index in [9.17, 15) is 10.0 Å². The van der Waals surface area contributed by atoms with Crippen LogP contribution < -0.4 is 5.46 Å². The van der Waals surface area contributed by atoms with Crippen LogP contribution in [0.1, 0.15) is 25.5 Å². The van der Waals surface area contributed by atoms with Crippen LogP contribution in [0.25, 0.3) is 11.0 Å². The Morgan fingerprint density at radius 3 is 2.94 bits per heavy atom. The molecular formula is C12H15BN2O3. The molecule has 0 spiro atoms. The standard InChI is InChI=1S/C12H15BN2O3/c16-13(17)9-4-3-5-10-12(9)14-8-15(10)11-6-1-2-7-18-11/h3-5,8,11,16-17H,1-2,6-7H2. The molecule has 0 aliphatic carbocycles. The second-order valence-corrected chi connectivity index (χ2v) is 4.56. The second-order valence-electron chi connectivity index (χ2n) is 4.56. The number of rotatable bonds is 2. The fourth-order valence-corrected chi connectivity index (χ4v) is 2.46. The molecule has 6 heteroatoms. The van der Waals surface area contributed by atoms with Gasteiger partial charge in [0.25, 0.3) is 0 Å². The lowest BCUT2D eigenvalue weighted by atomic mass is 9.79. The number of ether oxygens (including phenoxy) is 1. The maximum absolute atomic E-state index is 9.32. The van der Waals surface area contributed by atoms with E-state index in [2.05, 4.69) is 4.98 Å². The van der Waals surface area contributed by atoms with E-state index < -0.39 is 7.12 Å². The molecule has 2 N–H and O–H groups in total. The third kappa shape index (κ3) is 1.92. The van der Waals surface area contributed by atoms with Crippen LogP contribution in [0.15, 0.2) is 24.5 Å². The van der Waals surface area contributed by atoms with Gasteiger partial charge in [0.2, 0.25) is 0 Å². The van der Waals surface area contributed by atoms with Gasteiger partial charge in [0, 0.05) is 12.1 Å². The highest BCUT2D eigenvalue weighted by atomic mass is 16.5. The number of nitrogens with zero attached hydrogens (tertiary/aromatic N) is 2. The van der Waals surface area contributed by atoms with Gasteiger partial charge in [-0.05, 0) is 25.3 Å². The zero-order chi connectivity index (χ0) is 12.5. The van der Waals surface area contributed by atoms with Gasteiger partial charge in [-0.15, -0.1) is 0 Å². The zero-order valence-electron chi connectivity index (χ0n) is 9.99. The van der Waals surface area contributed by atoms with Crippen molar-refractivity contribution < 1.29 is 14.8 Å². The molecule has 18 heavy (non-hydrogen) atoms. The molecule has 2 aromatic rings. The molecule has 3 rings (SSSR count). The van der Waals surface area contributed by atoms with Gasteiger partial charge < -0.3 is 19.4 Å². The fraction of sp³-hybridized carbons (Fsp3) is 0.417. The summed E-state index contributed by atoms with van der Waals surface area (Å²) in [5, 5.41) is 18.6. The van der Waals surface area contributed by atoms with Gasteiger partial charge in [0.1, 0.15) is 6.23 Å². The molecule has 1 aliphatic heterocycles. The first kappa shape index (κ1) is 11.7. The molecule has 0 radical (unpaired) electrons. The molecule has 0 bridgehead atoms. The predicted octanol–water partition coefficient (Wildman–Crippen LogP) is 0.415. The molecule has 1 aliphatic rings. The van der Waals surface area contributed by atoms with E-state index >= 15 is 0 Å². The monoisotopic (exact) mass is 246 g/mol. The minimum Gasteiger partial charge on any atom is -0.423 e. The zero-order valence-corrected chi connectivity index (χ0v) is 9.99. The lowest BCUT2D eigenvalue weighted by Crippen LogP contribution is -2.30. The predicted molar refractivity (Wildman–Crippen MR) is 68.4 cm³/mol. The molecule has 1 saturated heterocycles. The lowest BCUT2D eigenvalue weighted by molar-refractivity contribution is -0.0295. The average molecular weight is 246 g/mol. The average Bonchev–Trinajstić information content (AvgIpc) is 2.83. The van der Waals surface area contributed by atoms with E-state index in [1.54, 1.807) is 18.5 Å². The smallest absolute Gasteiger partial charge is 0.423 e. The van der Waals surface area contributed by atoms with Crippen LogP contribution in [0.5, 0.6) is 0 Å². The van der Waals surface area contributed by atoms with Crippen molar-refractivity contribution in [2.75, 3.05) is 6.61 Å². The Bertz CT molecular complexity index is 549. The summed E-state index contributed by atoms with van der Waals surface area (Å²) in [7, 11) is -1.50. The first-order valence-corrected chi connectivity index (χ1v) is 6.20. The molecular weight excluding hydrogens is 231 g/mol. The van der Waals surface area contributed by atoms with Crippen LogP contribution in [0.3, 0.4) is 0 Å². The number of imidazole rings is 1. The molecule has 1 fully saturated rings. The summed E-state index contributed by atoms with van der Waals surface area (Å²) in [4.78, 5) is 4.28. The molecule has 1 aromatic heterocycles. The third-order valence-corrected chi connectivity index (χ3v) is 3.38. The highest BCUT2D eigenvalue weighted by Crippen LogP contribution is 2.25. The van der Waals surface area contributed by atoms with Gasteiger partial charge >= 0.3 is 7.12 Å². The highest BCUT2D eigenvalue weighted by molar-refractivity contribution is 6.61. The number of para-hydroxylation sites is 1. The van der Waals surface area contributed by atoms with Crippen LogP contribution in [0.2, 0.25) is 0 Å². The summed E-state index contributed by atoms with van der Waals surface area (Å²) in [6, 6.07) is 5.40.